The third-order valence-electron chi connectivity index (χ3n) is 3.74. The Bertz CT molecular complexity index is 1050. The maximum Gasteiger partial charge on any atom is 0.271 e. The van der Waals surface area contributed by atoms with Crippen LogP contribution in [0.2, 0.25) is 0 Å². The Balaban J connectivity index is 1.66. The van der Waals surface area contributed by atoms with E-state index in [1.807, 2.05) is 6.07 Å². The molecule has 0 bridgehead atoms. The third-order valence-corrected chi connectivity index (χ3v) is 4.24. The number of amides is 2. The van der Waals surface area contributed by atoms with Crippen molar-refractivity contribution in [1.82, 2.24) is 5.43 Å². The average Bonchev–Trinajstić information content (AvgIpc) is 2.69. The molecule has 0 aromatic heterocycles. The molecule has 3 rings (SSSR count). The minimum Gasteiger partial charge on any atom is -0.322 e. The van der Waals surface area contributed by atoms with Crippen LogP contribution in [0.15, 0.2) is 82.4 Å². The summed E-state index contributed by atoms with van der Waals surface area (Å²) >= 11 is 3.32. The number of rotatable bonds is 5. The van der Waals surface area contributed by atoms with Crippen LogP contribution in [0, 0.1) is 5.82 Å². The summed E-state index contributed by atoms with van der Waals surface area (Å²) in [5, 5.41) is 6.51. The van der Waals surface area contributed by atoms with Crippen LogP contribution in [0.25, 0.3) is 0 Å². The summed E-state index contributed by atoms with van der Waals surface area (Å²) in [5.41, 5.74) is 3.86. The first kappa shape index (κ1) is 19.4. The lowest BCUT2D eigenvalue weighted by Crippen LogP contribution is -2.18. The number of halogens is 2. The molecule has 0 spiro atoms. The lowest BCUT2D eigenvalue weighted by Gasteiger charge is -2.07. The number of hydrogen-bond acceptors (Lipinski definition) is 3. The molecule has 0 unspecified atom stereocenters. The minimum atomic E-state index is -0.480. The van der Waals surface area contributed by atoms with Crippen LogP contribution in [0.3, 0.4) is 0 Å². The van der Waals surface area contributed by atoms with Crippen molar-refractivity contribution in [2.24, 2.45) is 5.10 Å². The van der Waals surface area contributed by atoms with E-state index in [9.17, 15) is 14.0 Å². The molecule has 0 radical (unpaired) electrons. The molecule has 0 saturated carbocycles. The van der Waals surface area contributed by atoms with Gasteiger partial charge in [0.2, 0.25) is 0 Å². The summed E-state index contributed by atoms with van der Waals surface area (Å²) in [5.74, 6) is -1.21. The topological polar surface area (TPSA) is 70.6 Å². The zero-order valence-electron chi connectivity index (χ0n) is 14.5. The van der Waals surface area contributed by atoms with Crippen molar-refractivity contribution in [2.45, 2.75) is 0 Å². The Kier molecular flexibility index (Phi) is 6.29. The highest BCUT2D eigenvalue weighted by molar-refractivity contribution is 9.10. The van der Waals surface area contributed by atoms with E-state index in [-0.39, 0.29) is 11.5 Å². The molecule has 0 aliphatic rings. The fourth-order valence-corrected chi connectivity index (χ4v) is 2.78. The molecule has 0 heterocycles. The second-order valence-electron chi connectivity index (χ2n) is 5.77. The smallest absolute Gasteiger partial charge is 0.271 e. The van der Waals surface area contributed by atoms with E-state index in [2.05, 4.69) is 31.8 Å². The van der Waals surface area contributed by atoms with Gasteiger partial charge in [-0.1, -0.05) is 46.3 Å². The van der Waals surface area contributed by atoms with Crippen molar-refractivity contribution >= 4 is 39.6 Å². The van der Waals surface area contributed by atoms with Gasteiger partial charge in [-0.15, -0.1) is 0 Å². The van der Waals surface area contributed by atoms with E-state index < -0.39 is 11.7 Å². The first-order valence-corrected chi connectivity index (χ1v) is 9.07. The van der Waals surface area contributed by atoms with Crippen molar-refractivity contribution in [3.8, 4) is 0 Å². The van der Waals surface area contributed by atoms with Crippen molar-refractivity contribution in [2.75, 3.05) is 5.32 Å². The van der Waals surface area contributed by atoms with Crippen molar-refractivity contribution < 1.29 is 14.0 Å². The Morgan fingerprint density at radius 3 is 2.36 bits per heavy atom. The van der Waals surface area contributed by atoms with Gasteiger partial charge in [0.25, 0.3) is 11.8 Å². The molecule has 0 aliphatic carbocycles. The van der Waals surface area contributed by atoms with Gasteiger partial charge in [-0.2, -0.15) is 5.10 Å². The molecular formula is C21H15BrFN3O2. The molecule has 3 aromatic rings. The number of nitrogens with one attached hydrogen (secondary N) is 2. The number of carbonyl (C=O) groups is 2. The molecule has 2 N–H and O–H groups in total. The molecule has 0 fully saturated rings. The normalized spacial score (nSPS) is 10.6. The van der Waals surface area contributed by atoms with Crippen molar-refractivity contribution in [1.29, 1.82) is 0 Å². The summed E-state index contributed by atoms with van der Waals surface area (Å²) in [6.45, 7) is 0. The first-order valence-electron chi connectivity index (χ1n) is 8.28. The number of carbonyl (C=O) groups excluding carboxylic acids is 2. The highest BCUT2D eigenvalue weighted by Gasteiger charge is 2.09. The SMILES string of the molecule is O=C(N/N=C/c1ccccc1F)c1cccc(NC(=O)c2cccc(Br)c2)c1. The molecule has 0 aliphatic heterocycles. The summed E-state index contributed by atoms with van der Waals surface area (Å²) in [6.07, 6.45) is 1.23. The van der Waals surface area contributed by atoms with E-state index >= 15 is 0 Å². The number of nitrogens with zero attached hydrogens (tertiary/aromatic N) is 1. The lowest BCUT2D eigenvalue weighted by molar-refractivity contribution is 0.0953. The highest BCUT2D eigenvalue weighted by Crippen LogP contribution is 2.15. The largest absolute Gasteiger partial charge is 0.322 e. The Morgan fingerprint density at radius 1 is 0.893 bits per heavy atom. The van der Waals surface area contributed by atoms with Crippen LogP contribution < -0.4 is 10.7 Å². The summed E-state index contributed by atoms with van der Waals surface area (Å²) in [7, 11) is 0. The van der Waals surface area contributed by atoms with Gasteiger partial charge in [0.15, 0.2) is 0 Å². The van der Waals surface area contributed by atoms with Crippen LogP contribution in [0.4, 0.5) is 10.1 Å². The predicted molar refractivity (Wildman–Crippen MR) is 110 cm³/mol. The molecule has 3 aromatic carbocycles. The van der Waals surface area contributed by atoms with E-state index in [0.29, 0.717) is 16.8 Å². The standard InChI is InChI=1S/C21H15BrFN3O2/c22-17-8-3-6-14(11-17)20(27)25-18-9-4-7-15(12-18)21(28)26-24-13-16-5-1-2-10-19(16)23/h1-13H,(H,25,27)(H,26,28)/b24-13+. The zero-order chi connectivity index (χ0) is 19.9. The van der Waals surface area contributed by atoms with Crippen LogP contribution >= 0.6 is 15.9 Å². The van der Waals surface area contributed by atoms with Gasteiger partial charge >= 0.3 is 0 Å². The van der Waals surface area contributed by atoms with Crippen LogP contribution in [0.5, 0.6) is 0 Å². The highest BCUT2D eigenvalue weighted by atomic mass is 79.9. The van der Waals surface area contributed by atoms with Crippen LogP contribution in [-0.2, 0) is 0 Å². The predicted octanol–water partition coefficient (Wildman–Crippen LogP) is 4.60. The van der Waals surface area contributed by atoms with Gasteiger partial charge in [0.1, 0.15) is 5.82 Å². The van der Waals surface area contributed by atoms with E-state index in [0.717, 1.165) is 4.47 Å². The Labute approximate surface area is 169 Å². The zero-order valence-corrected chi connectivity index (χ0v) is 16.1. The van der Waals surface area contributed by atoms with E-state index in [4.69, 9.17) is 0 Å². The monoisotopic (exact) mass is 439 g/mol. The maximum absolute atomic E-state index is 13.5. The number of hydrogen-bond donors (Lipinski definition) is 2. The molecule has 5 nitrogen and oxygen atoms in total. The fourth-order valence-electron chi connectivity index (χ4n) is 2.38. The van der Waals surface area contributed by atoms with Gasteiger partial charge in [-0.25, -0.2) is 9.82 Å². The number of anilines is 1. The third kappa shape index (κ3) is 5.11. The molecule has 0 atom stereocenters. The van der Waals surface area contributed by atoms with Crippen LogP contribution in [-0.4, -0.2) is 18.0 Å². The van der Waals surface area contributed by atoms with Crippen LogP contribution in [0.1, 0.15) is 26.3 Å². The van der Waals surface area contributed by atoms with Gasteiger partial charge in [0.05, 0.1) is 6.21 Å². The van der Waals surface area contributed by atoms with Crippen molar-refractivity contribution in [3.05, 3.63) is 99.8 Å². The molecule has 140 valence electrons. The quantitative estimate of drug-likeness (QED) is 0.450. The van der Waals surface area contributed by atoms with Crippen molar-refractivity contribution in [3.63, 3.8) is 0 Å². The second-order valence-corrected chi connectivity index (χ2v) is 6.68. The second kappa shape index (κ2) is 9.05. The fraction of sp³-hybridized carbons (Fsp3) is 0. The van der Waals surface area contributed by atoms with Gasteiger partial charge in [-0.05, 0) is 42.5 Å². The average molecular weight is 440 g/mol. The maximum atomic E-state index is 13.5. The molecular weight excluding hydrogens is 425 g/mol. The van der Waals surface area contributed by atoms with E-state index in [1.165, 1.54) is 18.3 Å². The summed E-state index contributed by atoms with van der Waals surface area (Å²) < 4.78 is 14.3. The lowest BCUT2D eigenvalue weighted by atomic mass is 10.1. The summed E-state index contributed by atoms with van der Waals surface area (Å²) in [6, 6.07) is 19.5. The first-order chi connectivity index (χ1) is 13.5. The van der Waals surface area contributed by atoms with Gasteiger partial charge in [0, 0.05) is 26.9 Å². The number of benzene rings is 3. The van der Waals surface area contributed by atoms with Gasteiger partial charge in [-0.3, -0.25) is 9.59 Å². The minimum absolute atomic E-state index is 0.262. The number of hydrazone groups is 1. The van der Waals surface area contributed by atoms with Gasteiger partial charge < -0.3 is 5.32 Å². The summed E-state index contributed by atoms with van der Waals surface area (Å²) in [4.78, 5) is 24.6. The Hall–Kier alpha value is -3.32. The Morgan fingerprint density at radius 2 is 1.61 bits per heavy atom. The van der Waals surface area contributed by atoms with E-state index in [1.54, 1.807) is 54.6 Å². The molecule has 2 amide bonds. The molecule has 28 heavy (non-hydrogen) atoms. The molecule has 7 heteroatoms. The molecule has 0 saturated heterocycles.